The van der Waals surface area contributed by atoms with Crippen LogP contribution in [0.25, 0.3) is 0 Å². The summed E-state index contributed by atoms with van der Waals surface area (Å²) in [7, 11) is 0. The summed E-state index contributed by atoms with van der Waals surface area (Å²) in [5.41, 5.74) is 2.51. The van der Waals surface area contributed by atoms with Crippen LogP contribution in [0.4, 0.5) is 5.69 Å². The molecule has 2 rings (SSSR count). The van der Waals surface area contributed by atoms with Gasteiger partial charge in [-0.2, -0.15) is 0 Å². The third-order valence-corrected chi connectivity index (χ3v) is 3.78. The second-order valence-electron chi connectivity index (χ2n) is 6.07. The lowest BCUT2D eigenvalue weighted by molar-refractivity contribution is -0.122. The minimum atomic E-state index is -0.645. The molecule has 1 atom stereocenters. The van der Waals surface area contributed by atoms with Crippen LogP contribution in [0, 0.1) is 0 Å². The maximum Gasteiger partial charge on any atom is 0.265 e. The fraction of sp³-hybridized carbons (Fsp3) is 0.300. The van der Waals surface area contributed by atoms with E-state index in [1.54, 1.807) is 31.2 Å². The molecule has 24 heavy (non-hydrogen) atoms. The lowest BCUT2D eigenvalue weighted by Gasteiger charge is -2.18. The van der Waals surface area contributed by atoms with E-state index >= 15 is 0 Å². The van der Waals surface area contributed by atoms with Gasteiger partial charge >= 0.3 is 0 Å². The van der Waals surface area contributed by atoms with Crippen LogP contribution in [0.1, 0.15) is 49.5 Å². The van der Waals surface area contributed by atoms with Crippen LogP contribution in [-0.4, -0.2) is 17.8 Å². The van der Waals surface area contributed by atoms with Gasteiger partial charge in [0.15, 0.2) is 11.9 Å². The lowest BCUT2D eigenvalue weighted by Crippen LogP contribution is -2.30. The Bertz CT molecular complexity index is 720. The van der Waals surface area contributed by atoms with E-state index in [2.05, 4.69) is 19.2 Å². The Morgan fingerprint density at radius 3 is 2.17 bits per heavy atom. The van der Waals surface area contributed by atoms with Gasteiger partial charge in [0, 0.05) is 11.3 Å². The van der Waals surface area contributed by atoms with E-state index in [4.69, 9.17) is 4.74 Å². The zero-order chi connectivity index (χ0) is 17.7. The van der Waals surface area contributed by atoms with Crippen molar-refractivity contribution in [1.29, 1.82) is 0 Å². The molecule has 0 bridgehead atoms. The zero-order valence-corrected chi connectivity index (χ0v) is 14.5. The van der Waals surface area contributed by atoms with Gasteiger partial charge in [0.2, 0.25) is 0 Å². The Morgan fingerprint density at radius 2 is 1.58 bits per heavy atom. The zero-order valence-electron chi connectivity index (χ0n) is 14.5. The molecule has 0 saturated carbocycles. The molecule has 0 saturated heterocycles. The van der Waals surface area contributed by atoms with Crippen LogP contribution >= 0.6 is 0 Å². The molecule has 0 heterocycles. The summed E-state index contributed by atoms with van der Waals surface area (Å²) in [5.74, 6) is 0.660. The molecule has 4 nitrogen and oxygen atoms in total. The topological polar surface area (TPSA) is 55.4 Å². The minimum absolute atomic E-state index is 0.00219. The van der Waals surface area contributed by atoms with Gasteiger partial charge in [-0.1, -0.05) is 32.0 Å². The van der Waals surface area contributed by atoms with Gasteiger partial charge in [-0.25, -0.2) is 0 Å². The van der Waals surface area contributed by atoms with Gasteiger partial charge in [-0.15, -0.1) is 0 Å². The van der Waals surface area contributed by atoms with Crippen LogP contribution in [0.3, 0.4) is 0 Å². The Labute approximate surface area is 142 Å². The van der Waals surface area contributed by atoms with Crippen LogP contribution in [0.5, 0.6) is 5.75 Å². The second kappa shape index (κ2) is 7.77. The summed E-state index contributed by atoms with van der Waals surface area (Å²) < 4.78 is 5.66. The summed E-state index contributed by atoms with van der Waals surface area (Å²) in [6.45, 7) is 7.38. The third-order valence-electron chi connectivity index (χ3n) is 3.78. The molecule has 2 aromatic carbocycles. The van der Waals surface area contributed by atoms with Crippen molar-refractivity contribution in [2.45, 2.75) is 39.7 Å². The molecule has 0 aliphatic carbocycles. The molecule has 0 radical (unpaired) electrons. The molecule has 4 heteroatoms. The summed E-state index contributed by atoms with van der Waals surface area (Å²) >= 11 is 0. The highest BCUT2D eigenvalue weighted by Gasteiger charge is 2.17. The van der Waals surface area contributed by atoms with E-state index in [0.717, 1.165) is 11.3 Å². The summed E-state index contributed by atoms with van der Waals surface area (Å²) in [6, 6.07) is 14.5. The monoisotopic (exact) mass is 325 g/mol. The molecular weight excluding hydrogens is 302 g/mol. The number of para-hydroxylation sites is 1. The number of carbonyl (C=O) groups excluding carboxylic acids is 2. The van der Waals surface area contributed by atoms with Crippen molar-refractivity contribution in [3.63, 3.8) is 0 Å². The Hall–Kier alpha value is -2.62. The maximum atomic E-state index is 12.4. The summed E-state index contributed by atoms with van der Waals surface area (Å²) in [5, 5.41) is 2.92. The van der Waals surface area contributed by atoms with Crippen molar-refractivity contribution in [3.05, 3.63) is 59.7 Å². The molecule has 1 unspecified atom stereocenters. The van der Waals surface area contributed by atoms with Crippen molar-refractivity contribution >= 4 is 17.4 Å². The standard InChI is InChI=1S/C20H23NO3/c1-13(2)18-7-5-6-8-19(18)21-20(23)15(4)24-17-11-9-16(10-12-17)14(3)22/h5-13,15H,1-4H3,(H,21,23). The highest BCUT2D eigenvalue weighted by atomic mass is 16.5. The number of ketones is 1. The molecular formula is C20H23NO3. The van der Waals surface area contributed by atoms with E-state index in [-0.39, 0.29) is 11.7 Å². The highest BCUT2D eigenvalue weighted by molar-refractivity contribution is 5.95. The van der Waals surface area contributed by atoms with E-state index < -0.39 is 6.10 Å². The largest absolute Gasteiger partial charge is 0.481 e. The average Bonchev–Trinajstić information content (AvgIpc) is 2.55. The lowest BCUT2D eigenvalue weighted by atomic mass is 10.0. The number of amides is 1. The summed E-state index contributed by atoms with van der Waals surface area (Å²) in [4.78, 5) is 23.6. The van der Waals surface area contributed by atoms with Gasteiger partial charge in [0.05, 0.1) is 0 Å². The first kappa shape index (κ1) is 17.7. The number of nitrogens with one attached hydrogen (secondary N) is 1. The summed E-state index contributed by atoms with van der Waals surface area (Å²) in [6.07, 6.45) is -0.645. The number of rotatable bonds is 6. The first-order valence-electron chi connectivity index (χ1n) is 8.06. The van der Waals surface area contributed by atoms with Crippen LogP contribution in [0.2, 0.25) is 0 Å². The predicted octanol–water partition coefficient (Wildman–Crippen LogP) is 4.42. The molecule has 1 amide bonds. The van der Waals surface area contributed by atoms with Crippen molar-refractivity contribution in [2.24, 2.45) is 0 Å². The Morgan fingerprint density at radius 1 is 0.958 bits per heavy atom. The molecule has 2 aromatic rings. The first-order chi connectivity index (χ1) is 11.4. The predicted molar refractivity (Wildman–Crippen MR) is 95.7 cm³/mol. The van der Waals surface area contributed by atoms with Crippen molar-refractivity contribution in [1.82, 2.24) is 0 Å². The third kappa shape index (κ3) is 4.44. The molecule has 0 aliphatic heterocycles. The number of ether oxygens (including phenoxy) is 1. The highest BCUT2D eigenvalue weighted by Crippen LogP contribution is 2.24. The molecule has 0 fully saturated rings. The number of Topliss-reactive ketones (excluding diaryl/α,β-unsaturated/α-hetero) is 1. The maximum absolute atomic E-state index is 12.4. The minimum Gasteiger partial charge on any atom is -0.481 e. The quantitative estimate of drug-likeness (QED) is 0.800. The Balaban J connectivity index is 2.03. The van der Waals surface area contributed by atoms with E-state index in [1.165, 1.54) is 6.92 Å². The fourth-order valence-corrected chi connectivity index (χ4v) is 2.37. The van der Waals surface area contributed by atoms with Gasteiger partial charge in [0.1, 0.15) is 5.75 Å². The van der Waals surface area contributed by atoms with Crippen LogP contribution < -0.4 is 10.1 Å². The average molecular weight is 325 g/mol. The number of anilines is 1. The van der Waals surface area contributed by atoms with Crippen LogP contribution in [0.15, 0.2) is 48.5 Å². The molecule has 0 spiro atoms. The number of benzene rings is 2. The second-order valence-corrected chi connectivity index (χ2v) is 6.07. The normalized spacial score (nSPS) is 11.9. The Kier molecular flexibility index (Phi) is 5.74. The van der Waals surface area contributed by atoms with Crippen LogP contribution in [-0.2, 0) is 4.79 Å². The number of carbonyl (C=O) groups is 2. The van der Waals surface area contributed by atoms with Gasteiger partial charge in [-0.3, -0.25) is 9.59 Å². The molecule has 0 aliphatic rings. The van der Waals surface area contributed by atoms with E-state index in [9.17, 15) is 9.59 Å². The molecule has 126 valence electrons. The number of hydrogen-bond acceptors (Lipinski definition) is 3. The fourth-order valence-electron chi connectivity index (χ4n) is 2.37. The van der Waals surface area contributed by atoms with Gasteiger partial charge in [-0.05, 0) is 55.7 Å². The van der Waals surface area contributed by atoms with E-state index in [0.29, 0.717) is 17.2 Å². The van der Waals surface area contributed by atoms with Gasteiger partial charge < -0.3 is 10.1 Å². The van der Waals surface area contributed by atoms with Crippen molar-refractivity contribution < 1.29 is 14.3 Å². The number of hydrogen-bond donors (Lipinski definition) is 1. The molecule has 0 aromatic heterocycles. The van der Waals surface area contributed by atoms with E-state index in [1.807, 2.05) is 24.3 Å². The van der Waals surface area contributed by atoms with Gasteiger partial charge in [0.25, 0.3) is 5.91 Å². The SMILES string of the molecule is CC(=O)c1ccc(OC(C)C(=O)Nc2ccccc2C(C)C)cc1. The first-order valence-corrected chi connectivity index (χ1v) is 8.06. The van der Waals surface area contributed by atoms with Crippen molar-refractivity contribution in [2.75, 3.05) is 5.32 Å². The van der Waals surface area contributed by atoms with Crippen molar-refractivity contribution in [3.8, 4) is 5.75 Å². The smallest absolute Gasteiger partial charge is 0.265 e. The molecule has 1 N–H and O–H groups in total.